The molecule has 0 saturated carbocycles. The first-order chi connectivity index (χ1) is 11.7. The molecule has 1 N–H and O–H groups in total. The van der Waals surface area contributed by atoms with Crippen LogP contribution in [0, 0.1) is 5.82 Å². The number of carboxylic acid groups (broad SMARTS) is 1. The van der Waals surface area contributed by atoms with Crippen molar-refractivity contribution < 1.29 is 31.9 Å². The summed E-state index contributed by atoms with van der Waals surface area (Å²) in [7, 11) is 0. The summed E-state index contributed by atoms with van der Waals surface area (Å²) in [6, 6.07) is 9.97. The van der Waals surface area contributed by atoms with Crippen LogP contribution in [0.2, 0.25) is 0 Å². The van der Waals surface area contributed by atoms with E-state index in [0.717, 1.165) is 12.1 Å². The van der Waals surface area contributed by atoms with E-state index >= 15 is 0 Å². The van der Waals surface area contributed by atoms with Gasteiger partial charge in [-0.2, -0.15) is 13.2 Å². The minimum absolute atomic E-state index is 0.0490. The summed E-state index contributed by atoms with van der Waals surface area (Å²) in [6.45, 7) is 0. The molecule has 0 aliphatic rings. The predicted octanol–water partition coefficient (Wildman–Crippen LogP) is 4.55. The van der Waals surface area contributed by atoms with Gasteiger partial charge in [-0.3, -0.25) is 0 Å². The lowest BCUT2D eigenvalue weighted by Crippen LogP contribution is -2.56. The molecule has 0 fully saturated rings. The van der Waals surface area contributed by atoms with Crippen LogP contribution in [0.25, 0.3) is 0 Å². The molecule has 10 heteroatoms. The van der Waals surface area contributed by atoms with E-state index in [9.17, 15) is 26.8 Å². The van der Waals surface area contributed by atoms with Gasteiger partial charge in [0.05, 0.1) is 11.3 Å². The van der Waals surface area contributed by atoms with Crippen LogP contribution in [0.1, 0.15) is 5.56 Å². The van der Waals surface area contributed by atoms with E-state index in [4.69, 9.17) is 5.11 Å². The molecular formula is C15H10F5N3O2. The number of nitrogens with zero attached hydrogens (tertiary/aromatic N) is 3. The van der Waals surface area contributed by atoms with Crippen molar-refractivity contribution in [2.75, 3.05) is 0 Å². The van der Waals surface area contributed by atoms with E-state index in [-0.39, 0.29) is 5.69 Å². The molecule has 0 saturated heterocycles. The van der Waals surface area contributed by atoms with Gasteiger partial charge < -0.3 is 5.11 Å². The number of rotatable bonds is 6. The molecule has 1 unspecified atom stereocenters. The van der Waals surface area contributed by atoms with Gasteiger partial charge in [-0.05, 0) is 29.5 Å². The largest absolute Gasteiger partial charge is 0.477 e. The van der Waals surface area contributed by atoms with E-state index in [1.165, 1.54) is 24.3 Å². The van der Waals surface area contributed by atoms with Crippen LogP contribution in [-0.2, 0) is 10.7 Å². The second kappa shape index (κ2) is 6.83. The van der Waals surface area contributed by atoms with Gasteiger partial charge in [-0.25, -0.2) is 9.18 Å². The van der Waals surface area contributed by atoms with E-state index in [1.54, 1.807) is 6.07 Å². The van der Waals surface area contributed by atoms with Gasteiger partial charge in [0, 0.05) is 0 Å². The first kappa shape index (κ1) is 18.3. The summed E-state index contributed by atoms with van der Waals surface area (Å²) in [5.74, 6) is -14.7. The van der Waals surface area contributed by atoms with Crippen molar-refractivity contribution in [1.82, 2.24) is 5.23 Å². The molecule has 0 aliphatic heterocycles. The van der Waals surface area contributed by atoms with Gasteiger partial charge >= 0.3 is 17.7 Å². The quantitative estimate of drug-likeness (QED) is 0.270. The van der Waals surface area contributed by atoms with Crippen LogP contribution < -0.4 is 0 Å². The van der Waals surface area contributed by atoms with Crippen molar-refractivity contribution in [3.63, 3.8) is 0 Å². The highest BCUT2D eigenvalue weighted by Gasteiger charge is 2.69. The molecule has 0 bridgehead atoms. The first-order valence-electron chi connectivity index (χ1n) is 6.69. The molecular weight excluding hydrogens is 349 g/mol. The molecule has 1 atom stereocenters. The second-order valence-electron chi connectivity index (χ2n) is 4.77. The molecule has 0 spiro atoms. The average molecular weight is 359 g/mol. The van der Waals surface area contributed by atoms with Gasteiger partial charge in [0.25, 0.3) is 0 Å². The van der Waals surface area contributed by atoms with E-state index < -0.39 is 34.3 Å². The van der Waals surface area contributed by atoms with Gasteiger partial charge in [0.2, 0.25) is 0 Å². The van der Waals surface area contributed by atoms with Gasteiger partial charge in [-0.1, -0.05) is 40.0 Å². The van der Waals surface area contributed by atoms with Gasteiger partial charge in [0.15, 0.2) is 0 Å². The van der Waals surface area contributed by atoms with Crippen molar-refractivity contribution in [2.45, 2.75) is 11.7 Å². The Balaban J connectivity index is 2.45. The molecule has 5 nitrogen and oxygen atoms in total. The van der Waals surface area contributed by atoms with E-state index in [0.29, 0.717) is 12.1 Å². The normalized spacial score (nSPS) is 14.3. The SMILES string of the molecule is O=C(O)C(F)(N(F)N=Nc1ccccc1)C(F)(F)c1ccccc1F. The topological polar surface area (TPSA) is 65.3 Å². The van der Waals surface area contributed by atoms with Crippen LogP contribution in [0.3, 0.4) is 0 Å². The number of carboxylic acids is 1. The fourth-order valence-electron chi connectivity index (χ4n) is 1.87. The lowest BCUT2D eigenvalue weighted by atomic mass is 9.98. The van der Waals surface area contributed by atoms with Crippen molar-refractivity contribution in [2.24, 2.45) is 10.3 Å². The summed E-state index contributed by atoms with van der Waals surface area (Å²) < 4.78 is 70.6. The zero-order valence-corrected chi connectivity index (χ0v) is 12.3. The van der Waals surface area contributed by atoms with Crippen LogP contribution in [0.15, 0.2) is 64.9 Å². The Bertz CT molecular complexity index is 788. The number of carbonyl (C=O) groups is 1. The highest BCUT2D eigenvalue weighted by Crippen LogP contribution is 2.45. The number of hydrogen-bond acceptors (Lipinski definition) is 3. The molecule has 0 aromatic heterocycles. The smallest absolute Gasteiger partial charge is 0.391 e. The third-order valence-corrected chi connectivity index (χ3v) is 3.16. The van der Waals surface area contributed by atoms with Crippen LogP contribution in [0.5, 0.6) is 0 Å². The van der Waals surface area contributed by atoms with E-state index in [1.807, 2.05) is 0 Å². The Labute approximate surface area is 137 Å². The van der Waals surface area contributed by atoms with Gasteiger partial charge in [0.1, 0.15) is 5.82 Å². The molecule has 0 heterocycles. The minimum Gasteiger partial charge on any atom is -0.477 e. The standard InChI is InChI=1S/C15H10F5N3O2/c16-12-9-5-4-8-11(12)14(17,18)15(19,13(24)25)23(20)22-21-10-6-2-1-3-7-10/h1-9H,(H,24,25). The third kappa shape index (κ3) is 3.28. The van der Waals surface area contributed by atoms with Crippen LogP contribution in [-0.4, -0.2) is 22.1 Å². The molecule has 2 rings (SSSR count). The number of hydrogen-bond donors (Lipinski definition) is 1. The lowest BCUT2D eigenvalue weighted by Gasteiger charge is -2.31. The minimum atomic E-state index is -5.12. The third-order valence-electron chi connectivity index (χ3n) is 3.16. The Hall–Kier alpha value is -3.04. The second-order valence-corrected chi connectivity index (χ2v) is 4.77. The zero-order valence-electron chi connectivity index (χ0n) is 12.3. The first-order valence-corrected chi connectivity index (χ1v) is 6.69. The predicted molar refractivity (Wildman–Crippen MR) is 75.7 cm³/mol. The number of alkyl halides is 3. The monoisotopic (exact) mass is 359 g/mol. The Morgan fingerprint density at radius 1 is 1.00 bits per heavy atom. The molecule has 2 aromatic rings. The Morgan fingerprint density at radius 3 is 2.12 bits per heavy atom. The maximum atomic E-state index is 14.5. The summed E-state index contributed by atoms with van der Waals surface area (Å²) in [4.78, 5) is 11.0. The van der Waals surface area contributed by atoms with Crippen molar-refractivity contribution in [1.29, 1.82) is 0 Å². The fourth-order valence-corrected chi connectivity index (χ4v) is 1.87. The molecule has 2 aromatic carbocycles. The summed E-state index contributed by atoms with van der Waals surface area (Å²) in [5.41, 5.74) is -1.69. The Kier molecular flexibility index (Phi) is 5.00. The number of benzene rings is 2. The van der Waals surface area contributed by atoms with Crippen LogP contribution >= 0.6 is 0 Å². The lowest BCUT2D eigenvalue weighted by molar-refractivity contribution is -0.277. The molecule has 132 valence electrons. The van der Waals surface area contributed by atoms with E-state index in [2.05, 4.69) is 10.3 Å². The van der Waals surface area contributed by atoms with Crippen molar-refractivity contribution >= 4 is 11.7 Å². The summed E-state index contributed by atoms with van der Waals surface area (Å²) in [5, 5.41) is 12.9. The molecule has 0 aliphatic carbocycles. The van der Waals surface area contributed by atoms with Crippen molar-refractivity contribution in [3.8, 4) is 0 Å². The zero-order chi connectivity index (χ0) is 18.7. The molecule has 0 radical (unpaired) electrons. The maximum absolute atomic E-state index is 14.5. The summed E-state index contributed by atoms with van der Waals surface area (Å²) in [6.07, 6.45) is 0. The average Bonchev–Trinajstić information content (AvgIpc) is 2.59. The molecule has 0 amide bonds. The highest BCUT2D eigenvalue weighted by molar-refractivity contribution is 5.78. The summed E-state index contributed by atoms with van der Waals surface area (Å²) >= 11 is 0. The maximum Gasteiger partial charge on any atom is 0.391 e. The fraction of sp³-hybridized carbons (Fsp3) is 0.133. The van der Waals surface area contributed by atoms with Crippen LogP contribution in [0.4, 0.5) is 27.7 Å². The van der Waals surface area contributed by atoms with Crippen molar-refractivity contribution in [3.05, 3.63) is 66.0 Å². The highest BCUT2D eigenvalue weighted by atomic mass is 19.3. The number of aliphatic carboxylic acids is 1. The Morgan fingerprint density at radius 2 is 1.56 bits per heavy atom. The number of halogens is 5. The van der Waals surface area contributed by atoms with Gasteiger partial charge in [-0.15, -0.1) is 5.11 Å². The molecule has 25 heavy (non-hydrogen) atoms.